The van der Waals surface area contributed by atoms with Crippen molar-refractivity contribution in [3.63, 3.8) is 0 Å². The van der Waals surface area contributed by atoms with E-state index in [1.54, 1.807) is 0 Å². The second-order valence-corrected chi connectivity index (χ2v) is 2.15. The van der Waals surface area contributed by atoms with Crippen LogP contribution in [0.3, 0.4) is 0 Å². The molecule has 0 fully saturated rings. The van der Waals surface area contributed by atoms with E-state index in [9.17, 15) is 5.11 Å². The van der Waals surface area contributed by atoms with Crippen LogP contribution in [0.5, 0.6) is 0 Å². The molecule has 1 unspecified atom stereocenters. The highest BCUT2D eigenvalue weighted by molar-refractivity contribution is 4.97. The van der Waals surface area contributed by atoms with Crippen molar-refractivity contribution in [2.75, 3.05) is 0 Å². The maximum atomic E-state index is 9.32. The molecule has 0 spiro atoms. The smallest absolute Gasteiger partial charge is 0.111 e. The third-order valence-electron chi connectivity index (χ3n) is 1.34. The van der Waals surface area contributed by atoms with E-state index in [0.29, 0.717) is 18.5 Å². The quantitative estimate of drug-likeness (QED) is 0.609. The molecule has 0 saturated heterocycles. The molecular formula is C7H9N3O. The summed E-state index contributed by atoms with van der Waals surface area (Å²) in [6.07, 6.45) is 7.00. The Morgan fingerprint density at radius 1 is 1.82 bits per heavy atom. The van der Waals surface area contributed by atoms with Crippen LogP contribution in [-0.2, 0) is 0 Å². The first-order chi connectivity index (χ1) is 5.34. The molecule has 1 aromatic rings. The lowest BCUT2D eigenvalue weighted by Crippen LogP contribution is -1.96. The van der Waals surface area contributed by atoms with Gasteiger partial charge in [0.25, 0.3) is 0 Å². The SMILES string of the molecule is C#CCCC(O)c1cn[nH]n1. The molecule has 2 N–H and O–H groups in total. The number of hydrogen-bond acceptors (Lipinski definition) is 3. The van der Waals surface area contributed by atoms with Gasteiger partial charge in [-0.3, -0.25) is 0 Å². The predicted molar refractivity (Wildman–Crippen MR) is 39.4 cm³/mol. The molecule has 4 heteroatoms. The highest BCUT2D eigenvalue weighted by Gasteiger charge is 2.08. The second-order valence-electron chi connectivity index (χ2n) is 2.15. The van der Waals surface area contributed by atoms with E-state index in [-0.39, 0.29) is 0 Å². The fourth-order valence-corrected chi connectivity index (χ4v) is 0.739. The molecule has 0 aromatic carbocycles. The Morgan fingerprint density at radius 3 is 3.18 bits per heavy atom. The molecule has 1 atom stereocenters. The number of nitrogens with one attached hydrogen (secondary N) is 1. The Kier molecular flexibility index (Phi) is 2.64. The van der Waals surface area contributed by atoms with Gasteiger partial charge in [0.2, 0.25) is 0 Å². The van der Waals surface area contributed by atoms with Gasteiger partial charge in [0.1, 0.15) is 11.8 Å². The lowest BCUT2D eigenvalue weighted by molar-refractivity contribution is 0.164. The van der Waals surface area contributed by atoms with Crippen molar-refractivity contribution in [2.45, 2.75) is 18.9 Å². The fraction of sp³-hybridized carbons (Fsp3) is 0.429. The summed E-state index contributed by atoms with van der Waals surface area (Å²) >= 11 is 0. The van der Waals surface area contributed by atoms with Gasteiger partial charge in [0.05, 0.1) is 6.20 Å². The van der Waals surface area contributed by atoms with Crippen molar-refractivity contribution < 1.29 is 5.11 Å². The number of rotatable bonds is 3. The summed E-state index contributed by atoms with van der Waals surface area (Å²) in [6, 6.07) is 0. The van der Waals surface area contributed by atoms with Crippen molar-refractivity contribution in [2.24, 2.45) is 0 Å². The van der Waals surface area contributed by atoms with E-state index in [1.807, 2.05) is 0 Å². The third kappa shape index (κ3) is 2.06. The average molecular weight is 151 g/mol. The number of hydrogen-bond donors (Lipinski definition) is 2. The maximum Gasteiger partial charge on any atom is 0.111 e. The van der Waals surface area contributed by atoms with Crippen LogP contribution in [0.1, 0.15) is 24.6 Å². The number of terminal acetylenes is 1. The van der Waals surface area contributed by atoms with Gasteiger partial charge in [0.15, 0.2) is 0 Å². The molecule has 0 aliphatic carbocycles. The van der Waals surface area contributed by atoms with Crippen LogP contribution < -0.4 is 0 Å². The summed E-state index contributed by atoms with van der Waals surface area (Å²) in [5.41, 5.74) is 0.542. The van der Waals surface area contributed by atoms with Crippen molar-refractivity contribution >= 4 is 0 Å². The average Bonchev–Trinajstić information content (AvgIpc) is 2.52. The van der Waals surface area contributed by atoms with Gasteiger partial charge in [-0.2, -0.15) is 15.4 Å². The topological polar surface area (TPSA) is 61.8 Å². The van der Waals surface area contributed by atoms with Crippen LogP contribution in [0.15, 0.2) is 6.20 Å². The van der Waals surface area contributed by atoms with E-state index < -0.39 is 6.10 Å². The predicted octanol–water partition coefficient (Wildman–Crippen LogP) is 0.251. The summed E-state index contributed by atoms with van der Waals surface area (Å²) < 4.78 is 0. The van der Waals surface area contributed by atoms with E-state index >= 15 is 0 Å². The monoisotopic (exact) mass is 151 g/mol. The first-order valence-corrected chi connectivity index (χ1v) is 3.32. The van der Waals surface area contributed by atoms with Crippen LogP contribution in [0.25, 0.3) is 0 Å². The number of aliphatic hydroxyl groups excluding tert-OH is 1. The van der Waals surface area contributed by atoms with E-state index in [1.165, 1.54) is 6.20 Å². The number of aliphatic hydroxyl groups is 1. The summed E-state index contributed by atoms with van der Waals surface area (Å²) in [7, 11) is 0. The van der Waals surface area contributed by atoms with Crippen LogP contribution in [0.2, 0.25) is 0 Å². The molecule has 1 rings (SSSR count). The van der Waals surface area contributed by atoms with Gasteiger partial charge in [0, 0.05) is 6.42 Å². The first-order valence-electron chi connectivity index (χ1n) is 3.32. The van der Waals surface area contributed by atoms with E-state index in [4.69, 9.17) is 6.42 Å². The largest absolute Gasteiger partial charge is 0.387 e. The molecule has 0 saturated carbocycles. The van der Waals surface area contributed by atoms with Gasteiger partial charge in [-0.25, -0.2) is 0 Å². The Hall–Kier alpha value is -1.34. The van der Waals surface area contributed by atoms with Gasteiger partial charge in [-0.15, -0.1) is 12.3 Å². The number of H-pyrrole nitrogens is 1. The zero-order valence-electron chi connectivity index (χ0n) is 5.99. The third-order valence-corrected chi connectivity index (χ3v) is 1.34. The fourth-order valence-electron chi connectivity index (χ4n) is 0.739. The molecule has 11 heavy (non-hydrogen) atoms. The summed E-state index contributed by atoms with van der Waals surface area (Å²) in [5.74, 6) is 2.44. The van der Waals surface area contributed by atoms with Crippen LogP contribution in [0.4, 0.5) is 0 Å². The normalized spacial score (nSPS) is 12.4. The lowest BCUT2D eigenvalue weighted by Gasteiger charge is -2.01. The molecule has 0 radical (unpaired) electrons. The highest BCUT2D eigenvalue weighted by atomic mass is 16.3. The van der Waals surface area contributed by atoms with Crippen LogP contribution in [-0.4, -0.2) is 20.5 Å². The van der Waals surface area contributed by atoms with E-state index in [2.05, 4.69) is 21.3 Å². The number of aromatic amines is 1. The number of aromatic nitrogens is 3. The maximum absolute atomic E-state index is 9.32. The summed E-state index contributed by atoms with van der Waals surface area (Å²) in [4.78, 5) is 0. The zero-order chi connectivity index (χ0) is 8.10. The molecule has 4 nitrogen and oxygen atoms in total. The Balaban J connectivity index is 2.44. The van der Waals surface area contributed by atoms with Crippen molar-refractivity contribution in [3.05, 3.63) is 11.9 Å². The minimum atomic E-state index is -0.593. The Labute approximate surface area is 64.6 Å². The number of nitrogens with zero attached hydrogens (tertiary/aromatic N) is 2. The lowest BCUT2D eigenvalue weighted by atomic mass is 10.1. The molecule has 0 amide bonds. The molecule has 0 aliphatic rings. The van der Waals surface area contributed by atoms with Crippen LogP contribution in [0, 0.1) is 12.3 Å². The second kappa shape index (κ2) is 3.74. The summed E-state index contributed by atoms with van der Waals surface area (Å²) in [5, 5.41) is 19.0. The van der Waals surface area contributed by atoms with Crippen molar-refractivity contribution in [1.82, 2.24) is 15.4 Å². The van der Waals surface area contributed by atoms with Crippen LogP contribution >= 0.6 is 0 Å². The van der Waals surface area contributed by atoms with Gasteiger partial charge in [-0.1, -0.05) is 0 Å². The van der Waals surface area contributed by atoms with E-state index in [0.717, 1.165) is 0 Å². The van der Waals surface area contributed by atoms with Gasteiger partial charge in [-0.05, 0) is 6.42 Å². The summed E-state index contributed by atoms with van der Waals surface area (Å²) in [6.45, 7) is 0. The van der Waals surface area contributed by atoms with Crippen molar-refractivity contribution in [3.8, 4) is 12.3 Å². The zero-order valence-corrected chi connectivity index (χ0v) is 5.99. The van der Waals surface area contributed by atoms with Crippen molar-refractivity contribution in [1.29, 1.82) is 0 Å². The van der Waals surface area contributed by atoms with Gasteiger partial charge >= 0.3 is 0 Å². The molecule has 58 valence electrons. The Bertz CT molecular complexity index is 237. The van der Waals surface area contributed by atoms with Gasteiger partial charge < -0.3 is 5.11 Å². The molecule has 1 aromatic heterocycles. The molecule has 0 aliphatic heterocycles. The minimum Gasteiger partial charge on any atom is -0.387 e. The Morgan fingerprint density at radius 2 is 2.64 bits per heavy atom. The first kappa shape index (κ1) is 7.76. The minimum absolute atomic E-state index is 0.531. The molecular weight excluding hydrogens is 142 g/mol. The molecule has 1 heterocycles. The standard InChI is InChI=1S/C7H9N3O/c1-2-3-4-7(11)6-5-8-10-9-6/h1,5,7,11H,3-4H2,(H,8,9,10). The highest BCUT2D eigenvalue weighted by Crippen LogP contribution is 2.13. The molecule has 0 bridgehead atoms.